The average Bonchev–Trinajstić information content (AvgIpc) is 2.04. The van der Waals surface area contributed by atoms with Gasteiger partial charge in [0.1, 0.15) is 0 Å². The van der Waals surface area contributed by atoms with Crippen molar-refractivity contribution in [3.05, 3.63) is 0 Å². The van der Waals surface area contributed by atoms with Crippen LogP contribution in [0.1, 0.15) is 26.7 Å². The Morgan fingerprint density at radius 1 is 1.45 bits per heavy atom. The Morgan fingerprint density at radius 3 is 2.45 bits per heavy atom. The molecule has 1 rings (SSSR count). The Bertz CT molecular complexity index is 152. The van der Waals surface area contributed by atoms with Crippen LogP contribution in [0.2, 0.25) is 0 Å². The molecule has 66 valence electrons. The fourth-order valence-electron chi connectivity index (χ4n) is 1.43. The summed E-state index contributed by atoms with van der Waals surface area (Å²) in [5.74, 6) is 2.15. The van der Waals surface area contributed by atoms with E-state index in [1.54, 1.807) is 0 Å². The van der Waals surface area contributed by atoms with Gasteiger partial charge in [0.05, 0.1) is 5.08 Å². The Kier molecular flexibility index (Phi) is 3.44. The SMILES string of the molecule is CCC1(CC)CSCS(=O)C1. The molecular formula is C8H16OS2. The van der Waals surface area contributed by atoms with E-state index in [9.17, 15) is 4.21 Å². The highest BCUT2D eigenvalue weighted by Gasteiger charge is 2.31. The summed E-state index contributed by atoms with van der Waals surface area (Å²) in [6.07, 6.45) is 2.37. The van der Waals surface area contributed by atoms with Gasteiger partial charge in [-0.3, -0.25) is 4.21 Å². The molecule has 0 aromatic heterocycles. The van der Waals surface area contributed by atoms with Gasteiger partial charge in [0, 0.05) is 22.3 Å². The van der Waals surface area contributed by atoms with Crippen molar-refractivity contribution in [1.82, 2.24) is 0 Å². The molecule has 0 N–H and O–H groups in total. The standard InChI is InChI=1S/C8H16OS2/c1-3-8(4-2)5-10-7-11(9)6-8/h3-7H2,1-2H3. The van der Waals surface area contributed by atoms with E-state index < -0.39 is 10.8 Å². The normalized spacial score (nSPS) is 30.2. The maximum absolute atomic E-state index is 11.3. The van der Waals surface area contributed by atoms with Crippen molar-refractivity contribution in [2.24, 2.45) is 5.41 Å². The first kappa shape index (κ1) is 9.59. The van der Waals surface area contributed by atoms with Crippen molar-refractivity contribution in [2.75, 3.05) is 16.6 Å². The predicted molar refractivity (Wildman–Crippen MR) is 53.3 cm³/mol. The number of hydrogen-bond acceptors (Lipinski definition) is 2. The Hall–Kier alpha value is 0.500. The largest absolute Gasteiger partial charge is 0.259 e. The third-order valence-electron chi connectivity index (χ3n) is 2.59. The van der Waals surface area contributed by atoms with Crippen LogP contribution in [0.5, 0.6) is 0 Å². The summed E-state index contributed by atoms with van der Waals surface area (Å²) in [5.41, 5.74) is 0.397. The molecule has 0 spiro atoms. The third kappa shape index (κ3) is 2.22. The lowest BCUT2D eigenvalue weighted by molar-refractivity contribution is 0.351. The van der Waals surface area contributed by atoms with Crippen molar-refractivity contribution in [1.29, 1.82) is 0 Å². The molecule has 0 aromatic rings. The summed E-state index contributed by atoms with van der Waals surface area (Å²) < 4.78 is 11.3. The van der Waals surface area contributed by atoms with Gasteiger partial charge in [-0.05, 0) is 18.3 Å². The highest BCUT2D eigenvalue weighted by atomic mass is 32.2. The van der Waals surface area contributed by atoms with Gasteiger partial charge in [-0.1, -0.05) is 13.8 Å². The van der Waals surface area contributed by atoms with Crippen LogP contribution in [0.15, 0.2) is 0 Å². The average molecular weight is 192 g/mol. The van der Waals surface area contributed by atoms with Crippen LogP contribution in [0.4, 0.5) is 0 Å². The Labute approximate surface area is 75.8 Å². The van der Waals surface area contributed by atoms with Crippen molar-refractivity contribution >= 4 is 22.6 Å². The Morgan fingerprint density at radius 2 is 2.09 bits per heavy atom. The van der Waals surface area contributed by atoms with Crippen molar-refractivity contribution in [2.45, 2.75) is 26.7 Å². The minimum absolute atomic E-state index is 0.397. The van der Waals surface area contributed by atoms with E-state index in [1.165, 1.54) is 18.6 Å². The molecule has 1 fully saturated rings. The van der Waals surface area contributed by atoms with Gasteiger partial charge in [-0.25, -0.2) is 0 Å². The molecule has 1 saturated heterocycles. The van der Waals surface area contributed by atoms with Crippen molar-refractivity contribution in [3.8, 4) is 0 Å². The van der Waals surface area contributed by atoms with E-state index in [2.05, 4.69) is 13.8 Å². The van der Waals surface area contributed by atoms with E-state index in [1.807, 2.05) is 11.8 Å². The topological polar surface area (TPSA) is 17.1 Å². The number of hydrogen-bond donors (Lipinski definition) is 0. The van der Waals surface area contributed by atoms with Crippen LogP contribution in [-0.2, 0) is 10.8 Å². The van der Waals surface area contributed by atoms with Gasteiger partial charge in [-0.15, -0.1) is 11.8 Å². The molecular weight excluding hydrogens is 176 g/mol. The van der Waals surface area contributed by atoms with Gasteiger partial charge < -0.3 is 0 Å². The van der Waals surface area contributed by atoms with Crippen molar-refractivity contribution < 1.29 is 4.21 Å². The lowest BCUT2D eigenvalue weighted by Crippen LogP contribution is -2.33. The molecule has 1 heterocycles. The highest BCUT2D eigenvalue weighted by molar-refractivity contribution is 8.10. The zero-order valence-corrected chi connectivity index (χ0v) is 8.89. The van der Waals surface area contributed by atoms with E-state index in [4.69, 9.17) is 0 Å². The molecule has 1 unspecified atom stereocenters. The van der Waals surface area contributed by atoms with Crippen LogP contribution >= 0.6 is 11.8 Å². The molecule has 0 radical (unpaired) electrons. The zero-order chi connectivity index (χ0) is 8.32. The van der Waals surface area contributed by atoms with Gasteiger partial charge in [-0.2, -0.15) is 0 Å². The van der Waals surface area contributed by atoms with Crippen LogP contribution < -0.4 is 0 Å². The molecule has 1 atom stereocenters. The van der Waals surface area contributed by atoms with Gasteiger partial charge >= 0.3 is 0 Å². The smallest absolute Gasteiger partial charge is 0.0692 e. The molecule has 0 aliphatic carbocycles. The molecule has 0 saturated carbocycles. The molecule has 1 aliphatic rings. The van der Waals surface area contributed by atoms with Gasteiger partial charge in [0.15, 0.2) is 0 Å². The molecule has 3 heteroatoms. The van der Waals surface area contributed by atoms with Crippen LogP contribution in [0.3, 0.4) is 0 Å². The monoisotopic (exact) mass is 192 g/mol. The van der Waals surface area contributed by atoms with Crippen LogP contribution in [0.25, 0.3) is 0 Å². The van der Waals surface area contributed by atoms with E-state index >= 15 is 0 Å². The predicted octanol–water partition coefficient (Wildman–Crippen LogP) is 2.25. The number of thioether (sulfide) groups is 1. The maximum Gasteiger partial charge on any atom is 0.0692 e. The highest BCUT2D eigenvalue weighted by Crippen LogP contribution is 2.36. The molecule has 0 aromatic carbocycles. The summed E-state index contributed by atoms with van der Waals surface area (Å²) >= 11 is 1.86. The first-order valence-electron chi connectivity index (χ1n) is 4.15. The second kappa shape index (κ2) is 3.94. The fraction of sp³-hybridized carbons (Fsp3) is 1.00. The molecule has 11 heavy (non-hydrogen) atoms. The first-order valence-corrected chi connectivity index (χ1v) is 6.79. The van der Waals surface area contributed by atoms with Crippen LogP contribution in [-0.4, -0.2) is 20.8 Å². The second-order valence-corrected chi connectivity index (χ2v) is 6.07. The number of rotatable bonds is 2. The summed E-state index contributed by atoms with van der Waals surface area (Å²) in [4.78, 5) is 0. The summed E-state index contributed by atoms with van der Waals surface area (Å²) in [5, 5.41) is 0.863. The summed E-state index contributed by atoms with van der Waals surface area (Å²) in [6.45, 7) is 4.43. The van der Waals surface area contributed by atoms with E-state index in [-0.39, 0.29) is 0 Å². The van der Waals surface area contributed by atoms with E-state index in [0.717, 1.165) is 10.8 Å². The fourth-order valence-corrected chi connectivity index (χ4v) is 5.11. The third-order valence-corrected chi connectivity index (χ3v) is 6.06. The second-order valence-electron chi connectivity index (χ2n) is 3.26. The minimum atomic E-state index is -0.546. The van der Waals surface area contributed by atoms with Crippen LogP contribution in [0, 0.1) is 5.41 Å². The van der Waals surface area contributed by atoms with E-state index in [0.29, 0.717) is 5.41 Å². The van der Waals surface area contributed by atoms with Crippen molar-refractivity contribution in [3.63, 3.8) is 0 Å². The quantitative estimate of drug-likeness (QED) is 0.667. The first-order chi connectivity index (χ1) is 5.22. The van der Waals surface area contributed by atoms with Gasteiger partial charge in [0.2, 0.25) is 0 Å². The lowest BCUT2D eigenvalue weighted by Gasteiger charge is -2.34. The van der Waals surface area contributed by atoms with Gasteiger partial charge in [0.25, 0.3) is 0 Å². The molecule has 0 amide bonds. The maximum atomic E-state index is 11.3. The molecule has 0 bridgehead atoms. The Balaban J connectivity index is 2.59. The summed E-state index contributed by atoms with van der Waals surface area (Å²) in [6, 6.07) is 0. The zero-order valence-electron chi connectivity index (χ0n) is 7.26. The summed E-state index contributed by atoms with van der Waals surface area (Å²) in [7, 11) is -0.546. The minimum Gasteiger partial charge on any atom is -0.259 e. The molecule has 1 aliphatic heterocycles. The lowest BCUT2D eigenvalue weighted by atomic mass is 9.87. The molecule has 1 nitrogen and oxygen atoms in total.